The van der Waals surface area contributed by atoms with Crippen molar-refractivity contribution in [3.8, 4) is 11.8 Å². The van der Waals surface area contributed by atoms with Crippen LogP contribution < -0.4 is 4.74 Å². The van der Waals surface area contributed by atoms with E-state index in [2.05, 4.69) is 6.07 Å². The van der Waals surface area contributed by atoms with Gasteiger partial charge in [-0.3, -0.25) is 0 Å². The number of rotatable bonds is 0. The van der Waals surface area contributed by atoms with Gasteiger partial charge in [0.05, 0.1) is 18.2 Å². The standard InChI is InChI=1S/C18H22N2O3/c1-17(2,3)23-16(21)20-8-6-18(7-9-20)12-22-15-5-4-13(11-19)10-14(15)18/h4-5,10H,6-9,12H2,1-3H3. The van der Waals surface area contributed by atoms with E-state index in [4.69, 9.17) is 14.7 Å². The maximum absolute atomic E-state index is 12.2. The molecular weight excluding hydrogens is 292 g/mol. The molecule has 5 nitrogen and oxygen atoms in total. The molecule has 0 aliphatic carbocycles. The number of carbonyl (C=O) groups is 1. The van der Waals surface area contributed by atoms with Crippen molar-refractivity contribution >= 4 is 6.09 Å². The maximum atomic E-state index is 12.2. The Hall–Kier alpha value is -2.22. The third-order valence-electron chi connectivity index (χ3n) is 4.56. The SMILES string of the molecule is CC(C)(C)OC(=O)N1CCC2(CC1)COc1ccc(C#N)cc12. The van der Waals surface area contributed by atoms with Crippen molar-refractivity contribution in [2.75, 3.05) is 19.7 Å². The van der Waals surface area contributed by atoms with Gasteiger partial charge < -0.3 is 14.4 Å². The van der Waals surface area contributed by atoms with Crippen LogP contribution in [-0.4, -0.2) is 36.3 Å². The first-order chi connectivity index (χ1) is 10.8. The zero-order valence-electron chi connectivity index (χ0n) is 13.9. The predicted molar refractivity (Wildman–Crippen MR) is 85.4 cm³/mol. The van der Waals surface area contributed by atoms with Crippen molar-refractivity contribution in [3.05, 3.63) is 29.3 Å². The minimum atomic E-state index is -0.475. The van der Waals surface area contributed by atoms with Crippen LogP contribution in [0.1, 0.15) is 44.7 Å². The summed E-state index contributed by atoms with van der Waals surface area (Å²) in [5.41, 5.74) is 1.21. The van der Waals surface area contributed by atoms with E-state index < -0.39 is 5.60 Å². The molecule has 0 bridgehead atoms. The largest absolute Gasteiger partial charge is 0.492 e. The lowest BCUT2D eigenvalue weighted by Crippen LogP contribution is -2.47. The molecule has 122 valence electrons. The van der Waals surface area contributed by atoms with Crippen molar-refractivity contribution in [2.45, 2.75) is 44.6 Å². The van der Waals surface area contributed by atoms with Crippen LogP contribution in [0.4, 0.5) is 4.79 Å². The molecule has 1 saturated heterocycles. The molecule has 2 heterocycles. The molecule has 5 heteroatoms. The fraction of sp³-hybridized carbons (Fsp3) is 0.556. The number of fused-ring (bicyclic) bond motifs is 2. The highest BCUT2D eigenvalue weighted by molar-refractivity contribution is 5.68. The molecule has 0 atom stereocenters. The third kappa shape index (κ3) is 2.98. The number of benzene rings is 1. The molecule has 0 N–H and O–H groups in total. The Morgan fingerprint density at radius 1 is 1.35 bits per heavy atom. The summed E-state index contributed by atoms with van der Waals surface area (Å²) >= 11 is 0. The fourth-order valence-corrected chi connectivity index (χ4v) is 3.29. The van der Waals surface area contributed by atoms with Crippen LogP contribution in [0.3, 0.4) is 0 Å². The Bertz CT molecular complexity index is 662. The number of amides is 1. The lowest BCUT2D eigenvalue weighted by Gasteiger charge is -2.38. The molecule has 1 spiro atoms. The molecule has 0 saturated carbocycles. The van der Waals surface area contributed by atoms with Crippen molar-refractivity contribution in [3.63, 3.8) is 0 Å². The second kappa shape index (κ2) is 5.45. The van der Waals surface area contributed by atoms with Gasteiger partial charge in [-0.25, -0.2) is 4.79 Å². The first kappa shape index (κ1) is 15.7. The lowest BCUT2D eigenvalue weighted by molar-refractivity contribution is 0.0152. The number of carbonyl (C=O) groups excluding carboxylic acids is 1. The van der Waals surface area contributed by atoms with Gasteiger partial charge in [-0.1, -0.05) is 0 Å². The summed E-state index contributed by atoms with van der Waals surface area (Å²) in [4.78, 5) is 14.0. The smallest absolute Gasteiger partial charge is 0.410 e. The van der Waals surface area contributed by atoms with Crippen LogP contribution in [0.5, 0.6) is 5.75 Å². The zero-order chi connectivity index (χ0) is 16.7. The van der Waals surface area contributed by atoms with Gasteiger partial charge in [0.25, 0.3) is 0 Å². The Morgan fingerprint density at radius 2 is 2.04 bits per heavy atom. The molecule has 1 amide bonds. The van der Waals surface area contributed by atoms with Crippen LogP contribution in [0, 0.1) is 11.3 Å². The average molecular weight is 314 g/mol. The molecule has 0 unspecified atom stereocenters. The predicted octanol–water partition coefficient (Wildman–Crippen LogP) is 3.22. The molecule has 0 aromatic heterocycles. The van der Waals surface area contributed by atoms with Crippen LogP contribution >= 0.6 is 0 Å². The van der Waals surface area contributed by atoms with Crippen LogP contribution in [0.15, 0.2) is 18.2 Å². The number of likely N-dealkylation sites (tertiary alicyclic amines) is 1. The van der Waals surface area contributed by atoms with Gasteiger partial charge in [-0.2, -0.15) is 5.26 Å². The van der Waals surface area contributed by atoms with Gasteiger partial charge in [0.2, 0.25) is 0 Å². The van der Waals surface area contributed by atoms with E-state index >= 15 is 0 Å². The average Bonchev–Trinajstić information content (AvgIpc) is 2.84. The normalized spacial score (nSPS) is 19.0. The number of nitrogens with zero attached hydrogens (tertiary/aromatic N) is 2. The molecule has 0 radical (unpaired) electrons. The number of hydrogen-bond acceptors (Lipinski definition) is 4. The summed E-state index contributed by atoms with van der Waals surface area (Å²) < 4.78 is 11.3. The number of piperidine rings is 1. The van der Waals surface area contributed by atoms with Crippen LogP contribution in [0.2, 0.25) is 0 Å². The second-order valence-electron chi connectivity index (χ2n) is 7.36. The van der Waals surface area contributed by atoms with E-state index in [1.807, 2.05) is 32.9 Å². The summed E-state index contributed by atoms with van der Waals surface area (Å²) in [6, 6.07) is 7.79. The number of nitriles is 1. The first-order valence-electron chi connectivity index (χ1n) is 7.98. The van der Waals surface area contributed by atoms with E-state index in [1.165, 1.54) is 0 Å². The second-order valence-corrected chi connectivity index (χ2v) is 7.36. The van der Waals surface area contributed by atoms with Gasteiger partial charge in [0.15, 0.2) is 0 Å². The highest BCUT2D eigenvalue weighted by atomic mass is 16.6. The van der Waals surface area contributed by atoms with E-state index in [1.54, 1.807) is 11.0 Å². The minimum absolute atomic E-state index is 0.0826. The van der Waals surface area contributed by atoms with E-state index in [9.17, 15) is 4.79 Å². The maximum Gasteiger partial charge on any atom is 0.410 e. The van der Waals surface area contributed by atoms with Crippen molar-refractivity contribution in [2.24, 2.45) is 0 Å². The Kier molecular flexibility index (Phi) is 3.71. The molecule has 1 fully saturated rings. The van der Waals surface area contributed by atoms with Crippen LogP contribution in [0.25, 0.3) is 0 Å². The van der Waals surface area contributed by atoms with E-state index in [0.717, 1.165) is 24.2 Å². The number of ether oxygens (including phenoxy) is 2. The van der Waals surface area contributed by atoms with E-state index in [-0.39, 0.29) is 11.5 Å². The lowest BCUT2D eigenvalue weighted by atomic mass is 9.74. The van der Waals surface area contributed by atoms with Crippen molar-refractivity contribution in [1.82, 2.24) is 4.90 Å². The van der Waals surface area contributed by atoms with Crippen LogP contribution in [-0.2, 0) is 10.2 Å². The monoisotopic (exact) mass is 314 g/mol. The first-order valence-corrected chi connectivity index (χ1v) is 7.98. The fourth-order valence-electron chi connectivity index (χ4n) is 3.29. The zero-order valence-corrected chi connectivity index (χ0v) is 13.9. The Labute approximate surface area is 136 Å². The highest BCUT2D eigenvalue weighted by Gasteiger charge is 2.44. The molecule has 1 aromatic rings. The van der Waals surface area contributed by atoms with Gasteiger partial charge in [-0.15, -0.1) is 0 Å². The summed E-state index contributed by atoms with van der Waals surface area (Å²) in [7, 11) is 0. The number of hydrogen-bond donors (Lipinski definition) is 0. The Balaban J connectivity index is 1.73. The molecule has 23 heavy (non-hydrogen) atoms. The van der Waals surface area contributed by atoms with Gasteiger partial charge in [-0.05, 0) is 51.8 Å². The van der Waals surface area contributed by atoms with Gasteiger partial charge in [0, 0.05) is 24.1 Å². The highest BCUT2D eigenvalue weighted by Crippen LogP contribution is 2.45. The molecule has 2 aliphatic heterocycles. The van der Waals surface area contributed by atoms with Gasteiger partial charge in [0.1, 0.15) is 11.4 Å². The topological polar surface area (TPSA) is 62.6 Å². The molecule has 3 rings (SSSR count). The molecular formula is C18H22N2O3. The summed E-state index contributed by atoms with van der Waals surface area (Å²) in [6.45, 7) is 7.55. The quantitative estimate of drug-likeness (QED) is 0.737. The summed E-state index contributed by atoms with van der Waals surface area (Å²) in [6.07, 6.45) is 1.40. The summed E-state index contributed by atoms with van der Waals surface area (Å²) in [5.74, 6) is 0.870. The minimum Gasteiger partial charge on any atom is -0.492 e. The molecule has 1 aromatic carbocycles. The molecule has 2 aliphatic rings. The van der Waals surface area contributed by atoms with Crippen molar-refractivity contribution < 1.29 is 14.3 Å². The van der Waals surface area contributed by atoms with E-state index in [0.29, 0.717) is 25.3 Å². The van der Waals surface area contributed by atoms with Crippen molar-refractivity contribution in [1.29, 1.82) is 5.26 Å². The Morgan fingerprint density at radius 3 is 2.65 bits per heavy atom. The summed E-state index contributed by atoms with van der Waals surface area (Å²) in [5, 5.41) is 9.12. The third-order valence-corrected chi connectivity index (χ3v) is 4.56. The van der Waals surface area contributed by atoms with Gasteiger partial charge >= 0.3 is 6.09 Å².